The number of thiol groups is 1. The van der Waals surface area contributed by atoms with Gasteiger partial charge in [0.2, 0.25) is 12.2 Å². The Balaban J connectivity index is 0.000000581. The molecule has 0 spiro atoms. The van der Waals surface area contributed by atoms with Gasteiger partial charge >= 0.3 is 0 Å². The van der Waals surface area contributed by atoms with Gasteiger partial charge in [-0.1, -0.05) is 43.3 Å². The van der Waals surface area contributed by atoms with Gasteiger partial charge in [0.05, 0.1) is 6.04 Å². The summed E-state index contributed by atoms with van der Waals surface area (Å²) >= 11 is 4.24. The number of carbonyl (C=O) groups is 4. The van der Waals surface area contributed by atoms with E-state index < -0.39 is 46.4 Å². The van der Waals surface area contributed by atoms with Gasteiger partial charge in [-0.05, 0) is 63.3 Å². The normalized spacial score (nSPS) is 11.2. The van der Waals surface area contributed by atoms with Gasteiger partial charge in [-0.2, -0.15) is 0 Å². The average Bonchev–Trinajstić information content (AvgIpc) is 3.18. The van der Waals surface area contributed by atoms with Crippen LogP contribution in [0.2, 0.25) is 0 Å². The van der Waals surface area contributed by atoms with Crippen LogP contribution in [-0.2, 0) is 32.0 Å². The molecule has 0 aliphatic carbocycles. The molecule has 3 aromatic carbocycles. The summed E-state index contributed by atoms with van der Waals surface area (Å²) in [6.45, 7) is 3.62. The van der Waals surface area contributed by atoms with E-state index in [1.165, 1.54) is 36.2 Å². The number of hydrogen-bond donors (Lipinski definition) is 3. The van der Waals surface area contributed by atoms with Crippen molar-refractivity contribution in [3.05, 3.63) is 107 Å². The van der Waals surface area contributed by atoms with Crippen molar-refractivity contribution in [2.75, 3.05) is 48.1 Å². The van der Waals surface area contributed by atoms with Crippen molar-refractivity contribution in [2.45, 2.75) is 37.6 Å². The molecule has 0 bridgehead atoms. The van der Waals surface area contributed by atoms with E-state index in [-0.39, 0.29) is 18.3 Å². The fraction of sp³-hybridized carbons (Fsp3) is 0.282. The second kappa shape index (κ2) is 24.7. The highest BCUT2D eigenvalue weighted by Crippen LogP contribution is 2.34. The minimum atomic E-state index is -1.98. The van der Waals surface area contributed by atoms with Gasteiger partial charge in [-0.15, -0.1) is 12.6 Å². The smallest absolute Gasteiger partial charge is 0.258 e. The van der Waals surface area contributed by atoms with Gasteiger partial charge in [0.1, 0.15) is 23.4 Å². The molecular formula is C39H46F4N6O6S. The number of rotatable bonds is 12. The van der Waals surface area contributed by atoms with Crippen LogP contribution in [0.4, 0.5) is 23.4 Å². The largest absolute Gasteiger partial charge is 0.393 e. The van der Waals surface area contributed by atoms with Crippen LogP contribution in [0.5, 0.6) is 5.75 Å². The maximum atomic E-state index is 14.2. The average molecular weight is 803 g/mol. The first-order chi connectivity index (χ1) is 26.5. The van der Waals surface area contributed by atoms with Crippen LogP contribution in [0.1, 0.15) is 41.2 Å². The van der Waals surface area contributed by atoms with Crippen LogP contribution >= 0.6 is 12.6 Å². The van der Waals surface area contributed by atoms with E-state index in [1.54, 1.807) is 21.1 Å². The number of aldehydes is 2. The number of halogens is 4. The number of nitrogens with one attached hydrogen (secondary N) is 1. The maximum Gasteiger partial charge on any atom is 0.258 e. The minimum absolute atomic E-state index is 0.143. The first-order valence-corrected chi connectivity index (χ1v) is 17.1. The Labute approximate surface area is 329 Å². The SMILES string of the molecule is C/C(=C(/C=O)c1ccc(CC(C=O)NC(=O)c2c(F)c(F)c(N)c(OF)c2F)cc1)N(C)C=O.CCc1ncc(-c2ccc(S)cc2)cn1.CN(C)C.COC. The molecule has 1 unspecified atom stereocenters. The Morgan fingerprint density at radius 1 is 0.911 bits per heavy atom. The number of ether oxygens (including phenoxy) is 1. The summed E-state index contributed by atoms with van der Waals surface area (Å²) in [5, 5.41) is 2.02. The molecule has 2 amide bonds. The molecule has 302 valence electrons. The van der Waals surface area contributed by atoms with Crippen LogP contribution in [-0.4, -0.2) is 93.1 Å². The number of methoxy groups -OCH3 is 1. The van der Waals surface area contributed by atoms with Gasteiger partial charge < -0.3 is 30.4 Å². The van der Waals surface area contributed by atoms with Gasteiger partial charge in [0, 0.05) is 66.3 Å². The van der Waals surface area contributed by atoms with Gasteiger partial charge in [-0.25, -0.2) is 23.1 Å². The summed E-state index contributed by atoms with van der Waals surface area (Å²) in [6.07, 6.45) is 5.83. The molecule has 56 heavy (non-hydrogen) atoms. The van der Waals surface area contributed by atoms with Crippen molar-refractivity contribution in [1.82, 2.24) is 25.1 Å². The monoisotopic (exact) mass is 802 g/mol. The highest BCUT2D eigenvalue weighted by atomic mass is 32.1. The molecule has 1 atom stereocenters. The first kappa shape index (κ1) is 48.4. The molecule has 0 radical (unpaired) electrons. The minimum Gasteiger partial charge on any atom is -0.393 e. The van der Waals surface area contributed by atoms with Crippen LogP contribution < -0.4 is 16.0 Å². The zero-order chi connectivity index (χ0) is 42.5. The maximum absolute atomic E-state index is 14.2. The quantitative estimate of drug-likeness (QED) is 0.0391. The zero-order valence-corrected chi connectivity index (χ0v) is 33.2. The Morgan fingerprint density at radius 2 is 1.45 bits per heavy atom. The molecule has 17 heteroatoms. The summed E-state index contributed by atoms with van der Waals surface area (Å²) < 4.78 is 58.9. The fourth-order valence-corrected chi connectivity index (χ4v) is 4.50. The number of carbonyl (C=O) groups excluding carboxylic acids is 4. The topological polar surface area (TPSA) is 157 Å². The van der Waals surface area contributed by atoms with Crippen molar-refractivity contribution in [3.63, 3.8) is 0 Å². The van der Waals surface area contributed by atoms with Crippen molar-refractivity contribution in [2.24, 2.45) is 0 Å². The number of benzene rings is 3. The number of aromatic nitrogens is 2. The number of hydrogen-bond acceptors (Lipinski definition) is 11. The number of nitrogens with zero attached hydrogens (tertiary/aromatic N) is 4. The summed E-state index contributed by atoms with van der Waals surface area (Å²) in [5.41, 5.74) is 5.95. The van der Waals surface area contributed by atoms with Crippen molar-refractivity contribution >= 4 is 48.8 Å². The summed E-state index contributed by atoms with van der Waals surface area (Å²) in [7, 11) is 10.7. The van der Waals surface area contributed by atoms with E-state index in [1.807, 2.05) is 74.9 Å². The molecule has 1 aromatic heterocycles. The molecule has 3 N–H and O–H groups in total. The van der Waals surface area contributed by atoms with Crippen LogP contribution in [0.3, 0.4) is 0 Å². The first-order valence-electron chi connectivity index (χ1n) is 16.6. The molecule has 4 rings (SSSR count). The molecule has 0 saturated heterocycles. The number of amides is 2. The van der Waals surface area contributed by atoms with Gasteiger partial charge in [-0.3, -0.25) is 19.3 Å². The molecule has 1 heterocycles. The Hall–Kier alpha value is -5.65. The molecule has 12 nitrogen and oxygen atoms in total. The van der Waals surface area contributed by atoms with Crippen LogP contribution in [0.25, 0.3) is 16.7 Å². The highest BCUT2D eigenvalue weighted by Gasteiger charge is 2.30. The predicted molar refractivity (Wildman–Crippen MR) is 209 cm³/mol. The van der Waals surface area contributed by atoms with Crippen molar-refractivity contribution in [3.8, 4) is 16.9 Å². The van der Waals surface area contributed by atoms with E-state index >= 15 is 0 Å². The number of anilines is 1. The fourth-order valence-electron chi connectivity index (χ4n) is 4.35. The second-order valence-corrected chi connectivity index (χ2v) is 12.6. The lowest BCUT2D eigenvalue weighted by atomic mass is 10.00. The van der Waals surface area contributed by atoms with Crippen molar-refractivity contribution in [1.29, 1.82) is 0 Å². The molecule has 0 aliphatic heterocycles. The standard InChI is InChI=1S/C22H19F4N3O5.C12H12N2S.C3H9N.C2H6O/c1-11(29(2)10-32)15(9-31)13-5-3-12(4-6-13)7-14(8-30)28-22(33)16-17(23)19(25)20(27)21(34-26)18(16)24;1-2-12-13-7-10(8-14-12)9-3-5-11(15)6-4-9;1-4(2)3;1-3-2/h3-6,8-10,14H,7,27H2,1-2H3,(H,28,33);3-8,15H,2H2,1H3;1-3H3;1-2H3/b15-11+;;;. The van der Waals surface area contributed by atoms with Gasteiger partial charge in [0.25, 0.3) is 5.91 Å². The Morgan fingerprint density at radius 3 is 1.89 bits per heavy atom. The molecular weight excluding hydrogens is 757 g/mol. The number of nitrogens with two attached hydrogens (primary N) is 1. The third kappa shape index (κ3) is 14.5. The van der Waals surface area contributed by atoms with Crippen molar-refractivity contribution < 1.29 is 46.6 Å². The second-order valence-electron chi connectivity index (χ2n) is 12.1. The number of nitrogen functional groups attached to an aromatic ring is 1. The molecule has 4 aromatic rings. The van der Waals surface area contributed by atoms with Crippen LogP contribution in [0, 0.1) is 17.5 Å². The molecule has 0 saturated carbocycles. The van der Waals surface area contributed by atoms with E-state index in [9.17, 15) is 36.9 Å². The van der Waals surface area contributed by atoms with E-state index in [4.69, 9.17) is 5.73 Å². The van der Waals surface area contributed by atoms with E-state index in [2.05, 4.69) is 32.3 Å². The van der Waals surface area contributed by atoms with Crippen LogP contribution in [0.15, 0.2) is 71.5 Å². The number of allylic oxidation sites excluding steroid dienone is 2. The number of aryl methyl sites for hydroxylation is 1. The third-order valence-corrected chi connectivity index (χ3v) is 7.53. The Kier molecular flexibility index (Phi) is 21.3. The zero-order valence-electron chi connectivity index (χ0n) is 32.3. The van der Waals surface area contributed by atoms with Gasteiger partial charge in [0.15, 0.2) is 23.7 Å². The third-order valence-electron chi connectivity index (χ3n) is 7.23. The lowest BCUT2D eigenvalue weighted by Crippen LogP contribution is -2.38. The summed E-state index contributed by atoms with van der Waals surface area (Å²) in [6, 6.07) is 12.8. The lowest BCUT2D eigenvalue weighted by Gasteiger charge is -2.16. The predicted octanol–water partition coefficient (Wildman–Crippen LogP) is 5.94. The van der Waals surface area contributed by atoms with E-state index in [0.717, 1.165) is 28.3 Å². The summed E-state index contributed by atoms with van der Waals surface area (Å²) in [5.74, 6) is -7.92. The molecule has 0 aliphatic rings. The summed E-state index contributed by atoms with van der Waals surface area (Å²) in [4.78, 5) is 61.9. The lowest BCUT2D eigenvalue weighted by molar-refractivity contribution is -0.115. The van der Waals surface area contributed by atoms with E-state index in [0.29, 0.717) is 29.5 Å². The molecule has 0 fully saturated rings. The Bertz CT molecular complexity index is 1910. The highest BCUT2D eigenvalue weighted by molar-refractivity contribution is 7.80.